The van der Waals surface area contributed by atoms with Crippen molar-refractivity contribution < 1.29 is 13.2 Å². The van der Waals surface area contributed by atoms with Gasteiger partial charge in [-0.15, -0.1) is 0 Å². The zero-order valence-electron chi connectivity index (χ0n) is 6.67. The van der Waals surface area contributed by atoms with E-state index in [2.05, 4.69) is 5.32 Å². The van der Waals surface area contributed by atoms with Crippen LogP contribution in [0, 0.1) is 0 Å². The maximum atomic E-state index is 11.5. The molecule has 0 aliphatic rings. The lowest BCUT2D eigenvalue weighted by molar-refractivity contribution is -0.124. The molecule has 0 aromatic heterocycles. The first-order chi connectivity index (χ1) is 5.06. The fourth-order valence-corrected chi connectivity index (χ4v) is 0.730. The molecule has 0 rings (SSSR count). The molecule has 0 saturated carbocycles. The molecule has 0 atom stereocenters. The second kappa shape index (κ2) is 5.41. The highest BCUT2D eigenvalue weighted by atomic mass is 19.4. The Labute approximate surface area is 65.0 Å². The minimum absolute atomic E-state index is 0.466. The second-order valence-electron chi connectivity index (χ2n) is 2.50. The number of hydrogen-bond acceptors (Lipinski definition) is 1. The van der Waals surface area contributed by atoms with Crippen LogP contribution in [0.15, 0.2) is 0 Å². The van der Waals surface area contributed by atoms with Crippen LogP contribution in [0.4, 0.5) is 13.2 Å². The molecule has 0 fully saturated rings. The molecule has 0 heterocycles. The molecule has 68 valence electrons. The van der Waals surface area contributed by atoms with Gasteiger partial charge in [0.15, 0.2) is 0 Å². The Kier molecular flexibility index (Phi) is 5.28. The molecule has 1 nitrogen and oxygen atoms in total. The van der Waals surface area contributed by atoms with E-state index in [1.807, 2.05) is 6.92 Å². The summed E-state index contributed by atoms with van der Waals surface area (Å²) in [6.45, 7) is 1.62. The number of halogens is 3. The third-order valence-corrected chi connectivity index (χ3v) is 1.28. The Morgan fingerprint density at radius 1 is 1.18 bits per heavy atom. The fraction of sp³-hybridized carbons (Fsp3) is 1.00. The molecule has 0 spiro atoms. The van der Waals surface area contributed by atoms with Gasteiger partial charge in [-0.1, -0.05) is 19.8 Å². The highest BCUT2D eigenvalue weighted by Gasteiger charge is 2.25. The Morgan fingerprint density at radius 2 is 1.82 bits per heavy atom. The minimum atomic E-state index is -4.06. The van der Waals surface area contributed by atoms with E-state index in [0.29, 0.717) is 6.54 Å². The first-order valence-corrected chi connectivity index (χ1v) is 3.83. The number of rotatable bonds is 5. The number of alkyl halides is 3. The van der Waals surface area contributed by atoms with Crippen molar-refractivity contribution in [1.82, 2.24) is 5.32 Å². The van der Waals surface area contributed by atoms with Crippen LogP contribution in [0.1, 0.15) is 26.2 Å². The van der Waals surface area contributed by atoms with E-state index in [4.69, 9.17) is 0 Å². The van der Waals surface area contributed by atoms with Crippen molar-refractivity contribution >= 4 is 0 Å². The quantitative estimate of drug-likeness (QED) is 0.623. The summed E-state index contributed by atoms with van der Waals surface area (Å²) in [4.78, 5) is 0. The summed E-state index contributed by atoms with van der Waals surface area (Å²) in [5, 5.41) is 2.34. The third-order valence-electron chi connectivity index (χ3n) is 1.28. The molecule has 0 bridgehead atoms. The fourth-order valence-electron chi connectivity index (χ4n) is 0.730. The van der Waals surface area contributed by atoms with E-state index >= 15 is 0 Å². The Morgan fingerprint density at radius 3 is 2.27 bits per heavy atom. The predicted molar refractivity (Wildman–Crippen MR) is 38.4 cm³/mol. The number of nitrogens with one attached hydrogen (secondary N) is 1. The summed E-state index contributed by atoms with van der Waals surface area (Å²) in [6.07, 6.45) is -1.21. The van der Waals surface area contributed by atoms with Crippen LogP contribution in [0.5, 0.6) is 0 Å². The molecule has 0 aliphatic heterocycles. The first kappa shape index (κ1) is 10.8. The normalized spacial score (nSPS) is 12.0. The highest BCUT2D eigenvalue weighted by molar-refractivity contribution is 4.55. The van der Waals surface area contributed by atoms with Gasteiger partial charge in [0.2, 0.25) is 0 Å². The topological polar surface area (TPSA) is 12.0 Å². The summed E-state index contributed by atoms with van der Waals surface area (Å²) in [7, 11) is 0. The van der Waals surface area contributed by atoms with Gasteiger partial charge in [-0.25, -0.2) is 0 Å². The molecule has 0 aromatic carbocycles. The molecule has 0 aromatic rings. The average molecular weight is 169 g/mol. The van der Waals surface area contributed by atoms with Crippen molar-refractivity contribution in [2.75, 3.05) is 13.1 Å². The molecule has 11 heavy (non-hydrogen) atoms. The largest absolute Gasteiger partial charge is 0.401 e. The van der Waals surface area contributed by atoms with Gasteiger partial charge in [0.05, 0.1) is 6.54 Å². The van der Waals surface area contributed by atoms with Gasteiger partial charge in [-0.3, -0.25) is 0 Å². The molecular formula is C7H14F3N. The Balaban J connectivity index is 3.02. The van der Waals surface area contributed by atoms with Crippen LogP contribution >= 0.6 is 0 Å². The van der Waals surface area contributed by atoms with Gasteiger partial charge < -0.3 is 5.32 Å². The van der Waals surface area contributed by atoms with Crippen molar-refractivity contribution in [1.29, 1.82) is 0 Å². The molecule has 0 radical (unpaired) electrons. The smallest absolute Gasteiger partial charge is 0.309 e. The van der Waals surface area contributed by atoms with Crippen LogP contribution in [-0.2, 0) is 0 Å². The SMILES string of the molecule is CCCCCNCC(F)(F)F. The molecule has 0 saturated heterocycles. The molecule has 0 amide bonds. The highest BCUT2D eigenvalue weighted by Crippen LogP contribution is 2.11. The maximum absolute atomic E-state index is 11.5. The molecular weight excluding hydrogens is 155 g/mol. The summed E-state index contributed by atoms with van der Waals surface area (Å²) in [6, 6.07) is 0. The van der Waals surface area contributed by atoms with E-state index in [1.54, 1.807) is 0 Å². The van der Waals surface area contributed by atoms with Crippen LogP contribution in [0.25, 0.3) is 0 Å². The van der Waals surface area contributed by atoms with E-state index in [1.165, 1.54) is 0 Å². The van der Waals surface area contributed by atoms with Crippen molar-refractivity contribution in [3.05, 3.63) is 0 Å². The molecule has 4 heteroatoms. The summed E-state index contributed by atoms with van der Waals surface area (Å²) < 4.78 is 34.5. The Bertz CT molecular complexity index is 90.2. The summed E-state index contributed by atoms with van der Waals surface area (Å²) in [5.74, 6) is 0. The molecule has 1 N–H and O–H groups in total. The van der Waals surface area contributed by atoms with Gasteiger partial charge in [-0.05, 0) is 13.0 Å². The predicted octanol–water partition coefficient (Wildman–Crippen LogP) is 2.33. The second-order valence-corrected chi connectivity index (χ2v) is 2.50. The van der Waals surface area contributed by atoms with Gasteiger partial charge in [0.25, 0.3) is 0 Å². The van der Waals surface area contributed by atoms with Crippen LogP contribution in [0.3, 0.4) is 0 Å². The van der Waals surface area contributed by atoms with Crippen molar-refractivity contribution in [2.24, 2.45) is 0 Å². The number of hydrogen-bond donors (Lipinski definition) is 1. The van der Waals surface area contributed by atoms with Crippen LogP contribution in [-0.4, -0.2) is 19.3 Å². The van der Waals surface area contributed by atoms with Gasteiger partial charge >= 0.3 is 6.18 Å². The van der Waals surface area contributed by atoms with Gasteiger partial charge in [-0.2, -0.15) is 13.2 Å². The summed E-state index contributed by atoms with van der Waals surface area (Å²) >= 11 is 0. The lowest BCUT2D eigenvalue weighted by Crippen LogP contribution is -2.29. The molecule has 0 aliphatic carbocycles. The van der Waals surface area contributed by atoms with E-state index in [0.717, 1.165) is 19.3 Å². The van der Waals surface area contributed by atoms with E-state index in [9.17, 15) is 13.2 Å². The average Bonchev–Trinajstić information content (AvgIpc) is 1.85. The van der Waals surface area contributed by atoms with Crippen LogP contribution in [0.2, 0.25) is 0 Å². The van der Waals surface area contributed by atoms with Gasteiger partial charge in [0.1, 0.15) is 0 Å². The van der Waals surface area contributed by atoms with E-state index in [-0.39, 0.29) is 0 Å². The van der Waals surface area contributed by atoms with Gasteiger partial charge in [0, 0.05) is 0 Å². The lowest BCUT2D eigenvalue weighted by Gasteiger charge is -2.06. The monoisotopic (exact) mass is 169 g/mol. The minimum Gasteiger partial charge on any atom is -0.309 e. The standard InChI is InChI=1S/C7H14F3N/c1-2-3-4-5-11-6-7(8,9)10/h11H,2-6H2,1H3. The van der Waals surface area contributed by atoms with Crippen molar-refractivity contribution in [2.45, 2.75) is 32.4 Å². The zero-order chi connectivity index (χ0) is 8.74. The lowest BCUT2D eigenvalue weighted by atomic mass is 10.2. The summed E-state index contributed by atoms with van der Waals surface area (Å²) in [5.41, 5.74) is 0. The van der Waals surface area contributed by atoms with Crippen molar-refractivity contribution in [3.63, 3.8) is 0 Å². The maximum Gasteiger partial charge on any atom is 0.401 e. The number of unbranched alkanes of at least 4 members (excludes halogenated alkanes) is 2. The van der Waals surface area contributed by atoms with Crippen molar-refractivity contribution in [3.8, 4) is 0 Å². The van der Waals surface area contributed by atoms with Crippen LogP contribution < -0.4 is 5.32 Å². The first-order valence-electron chi connectivity index (χ1n) is 3.83. The molecule has 0 unspecified atom stereocenters. The zero-order valence-corrected chi connectivity index (χ0v) is 6.67. The Hall–Kier alpha value is -0.250. The van der Waals surface area contributed by atoms with E-state index < -0.39 is 12.7 Å². The third kappa shape index (κ3) is 9.75.